The van der Waals surface area contributed by atoms with Crippen LogP contribution in [0.1, 0.15) is 29.6 Å². The van der Waals surface area contributed by atoms with Crippen molar-refractivity contribution in [3.8, 4) is 0 Å². The van der Waals surface area contributed by atoms with Gasteiger partial charge in [-0.1, -0.05) is 0 Å². The Morgan fingerprint density at radius 1 is 1.67 bits per heavy atom. The normalized spacial score (nSPS) is 18.8. The Bertz CT molecular complexity index is 433. The molecule has 1 fully saturated rings. The van der Waals surface area contributed by atoms with Crippen molar-refractivity contribution in [3.05, 3.63) is 23.6 Å². The fourth-order valence-corrected chi connectivity index (χ4v) is 1.95. The van der Waals surface area contributed by atoms with Crippen LogP contribution in [0.4, 0.5) is 10.2 Å². The highest BCUT2D eigenvalue weighted by Crippen LogP contribution is 2.15. The third-order valence-corrected chi connectivity index (χ3v) is 2.94. The summed E-state index contributed by atoms with van der Waals surface area (Å²) in [6, 6.07) is 1.31. The number of nitrogens with zero attached hydrogens (tertiary/aromatic N) is 1. The maximum absolute atomic E-state index is 13.5. The Hall–Kier alpha value is -1.69. The number of hydrogen-bond donors (Lipinski definition) is 2. The van der Waals surface area contributed by atoms with Crippen LogP contribution in [-0.2, 0) is 4.74 Å². The highest BCUT2D eigenvalue weighted by molar-refractivity contribution is 5.95. The van der Waals surface area contributed by atoms with E-state index >= 15 is 0 Å². The standard InChI is InChI=1S/C12H16FN3O2/c13-10-9(4-6-15-11(10)14)12(17)16-5-3-8-2-1-7-18-8/h4,6,8H,1-3,5,7H2,(H2,14,15)(H,16,17). The van der Waals surface area contributed by atoms with E-state index in [1.165, 1.54) is 12.3 Å². The predicted octanol–water partition coefficient (Wildman–Crippen LogP) is 1.10. The largest absolute Gasteiger partial charge is 0.381 e. The first kappa shape index (κ1) is 12.8. The molecule has 2 heterocycles. The number of pyridine rings is 1. The van der Waals surface area contributed by atoms with E-state index < -0.39 is 11.7 Å². The number of aromatic nitrogens is 1. The van der Waals surface area contributed by atoms with Crippen LogP contribution < -0.4 is 11.1 Å². The summed E-state index contributed by atoms with van der Waals surface area (Å²) in [6.45, 7) is 1.25. The third-order valence-electron chi connectivity index (χ3n) is 2.94. The molecule has 1 aliphatic rings. The minimum Gasteiger partial charge on any atom is -0.381 e. The second-order valence-corrected chi connectivity index (χ2v) is 4.24. The summed E-state index contributed by atoms with van der Waals surface area (Å²) in [4.78, 5) is 15.3. The number of carbonyl (C=O) groups is 1. The Morgan fingerprint density at radius 2 is 2.50 bits per heavy atom. The number of hydrogen-bond acceptors (Lipinski definition) is 4. The SMILES string of the molecule is Nc1nccc(C(=O)NCCC2CCCO2)c1F. The van der Waals surface area contributed by atoms with E-state index in [2.05, 4.69) is 10.3 Å². The molecule has 1 saturated heterocycles. The van der Waals surface area contributed by atoms with Gasteiger partial charge in [0.2, 0.25) is 0 Å². The summed E-state index contributed by atoms with van der Waals surface area (Å²) >= 11 is 0. The van der Waals surface area contributed by atoms with Gasteiger partial charge in [-0.3, -0.25) is 4.79 Å². The first-order chi connectivity index (χ1) is 8.68. The highest BCUT2D eigenvalue weighted by Gasteiger charge is 2.17. The Balaban J connectivity index is 1.85. The van der Waals surface area contributed by atoms with E-state index in [0.29, 0.717) is 6.54 Å². The summed E-state index contributed by atoms with van der Waals surface area (Å²) in [7, 11) is 0. The van der Waals surface area contributed by atoms with E-state index in [9.17, 15) is 9.18 Å². The number of ether oxygens (including phenoxy) is 1. The smallest absolute Gasteiger partial charge is 0.254 e. The van der Waals surface area contributed by atoms with Crippen molar-refractivity contribution in [1.82, 2.24) is 10.3 Å². The molecule has 1 aromatic rings. The molecule has 0 spiro atoms. The molecule has 6 heteroatoms. The second-order valence-electron chi connectivity index (χ2n) is 4.24. The molecule has 0 bridgehead atoms. The number of carbonyl (C=O) groups excluding carboxylic acids is 1. The van der Waals surface area contributed by atoms with Gasteiger partial charge in [-0.15, -0.1) is 0 Å². The molecular weight excluding hydrogens is 237 g/mol. The summed E-state index contributed by atoms with van der Waals surface area (Å²) in [5.74, 6) is -1.51. The van der Waals surface area contributed by atoms with Crippen LogP contribution in [-0.4, -0.2) is 30.1 Å². The Labute approximate surface area is 105 Å². The van der Waals surface area contributed by atoms with Crippen molar-refractivity contribution in [1.29, 1.82) is 0 Å². The molecule has 1 unspecified atom stereocenters. The molecule has 0 aliphatic carbocycles. The number of nitrogens with two attached hydrogens (primary N) is 1. The lowest BCUT2D eigenvalue weighted by atomic mass is 10.2. The minimum atomic E-state index is -0.771. The van der Waals surface area contributed by atoms with E-state index in [1.807, 2.05) is 0 Å². The van der Waals surface area contributed by atoms with Gasteiger partial charge >= 0.3 is 0 Å². The molecule has 1 atom stereocenters. The Morgan fingerprint density at radius 3 is 3.22 bits per heavy atom. The quantitative estimate of drug-likeness (QED) is 0.842. The van der Waals surface area contributed by atoms with Gasteiger partial charge in [-0.2, -0.15) is 0 Å². The van der Waals surface area contributed by atoms with Crippen molar-refractivity contribution in [3.63, 3.8) is 0 Å². The lowest BCUT2D eigenvalue weighted by Gasteiger charge is -2.10. The van der Waals surface area contributed by atoms with Gasteiger partial charge in [0.25, 0.3) is 5.91 Å². The zero-order valence-corrected chi connectivity index (χ0v) is 9.99. The second kappa shape index (κ2) is 5.77. The van der Waals surface area contributed by atoms with Gasteiger partial charge < -0.3 is 15.8 Å². The van der Waals surface area contributed by atoms with Gasteiger partial charge in [0.05, 0.1) is 11.7 Å². The van der Waals surface area contributed by atoms with Crippen molar-refractivity contribution in [2.24, 2.45) is 0 Å². The zero-order chi connectivity index (χ0) is 13.0. The topological polar surface area (TPSA) is 77.2 Å². The summed E-state index contributed by atoms with van der Waals surface area (Å²) < 4.78 is 18.9. The Kier molecular flexibility index (Phi) is 4.09. The molecule has 3 N–H and O–H groups in total. The number of nitrogens with one attached hydrogen (secondary N) is 1. The number of amides is 1. The van der Waals surface area contributed by atoms with Crippen molar-refractivity contribution in [2.75, 3.05) is 18.9 Å². The van der Waals surface area contributed by atoms with Crippen molar-refractivity contribution in [2.45, 2.75) is 25.4 Å². The molecular formula is C12H16FN3O2. The van der Waals surface area contributed by atoms with Gasteiger partial charge in [-0.25, -0.2) is 9.37 Å². The number of rotatable bonds is 4. The lowest BCUT2D eigenvalue weighted by molar-refractivity contribution is 0.0904. The third kappa shape index (κ3) is 2.95. The van der Waals surface area contributed by atoms with Gasteiger partial charge in [0, 0.05) is 19.3 Å². The van der Waals surface area contributed by atoms with Crippen LogP contribution in [0.2, 0.25) is 0 Å². The monoisotopic (exact) mass is 253 g/mol. The van der Waals surface area contributed by atoms with Crippen LogP contribution in [0, 0.1) is 5.82 Å². The molecule has 1 amide bonds. The van der Waals surface area contributed by atoms with Gasteiger partial charge in [-0.05, 0) is 25.3 Å². The molecule has 5 nitrogen and oxygen atoms in total. The molecule has 0 saturated carbocycles. The fraction of sp³-hybridized carbons (Fsp3) is 0.500. The average molecular weight is 253 g/mol. The van der Waals surface area contributed by atoms with Crippen LogP contribution in [0.25, 0.3) is 0 Å². The number of halogens is 1. The van der Waals surface area contributed by atoms with Crippen molar-refractivity contribution < 1.29 is 13.9 Å². The maximum Gasteiger partial charge on any atom is 0.254 e. The van der Waals surface area contributed by atoms with Gasteiger partial charge in [0.1, 0.15) is 0 Å². The molecule has 0 aromatic carbocycles. The van der Waals surface area contributed by atoms with E-state index in [4.69, 9.17) is 10.5 Å². The van der Waals surface area contributed by atoms with Crippen LogP contribution in [0.15, 0.2) is 12.3 Å². The summed E-state index contributed by atoms with van der Waals surface area (Å²) in [5.41, 5.74) is 5.23. The van der Waals surface area contributed by atoms with Crippen LogP contribution in [0.3, 0.4) is 0 Å². The summed E-state index contributed by atoms with van der Waals surface area (Å²) in [5, 5.41) is 2.65. The molecule has 18 heavy (non-hydrogen) atoms. The van der Waals surface area contributed by atoms with E-state index in [-0.39, 0.29) is 17.5 Å². The zero-order valence-electron chi connectivity index (χ0n) is 9.99. The van der Waals surface area contributed by atoms with Crippen LogP contribution >= 0.6 is 0 Å². The lowest BCUT2D eigenvalue weighted by Crippen LogP contribution is -2.28. The number of nitrogen functional groups attached to an aromatic ring is 1. The number of anilines is 1. The first-order valence-electron chi connectivity index (χ1n) is 5.98. The fourth-order valence-electron chi connectivity index (χ4n) is 1.95. The molecule has 1 aliphatic heterocycles. The van der Waals surface area contributed by atoms with Crippen molar-refractivity contribution >= 4 is 11.7 Å². The molecule has 98 valence electrons. The van der Waals surface area contributed by atoms with Crippen LogP contribution in [0.5, 0.6) is 0 Å². The summed E-state index contributed by atoms with van der Waals surface area (Å²) in [6.07, 6.45) is 4.35. The van der Waals surface area contributed by atoms with E-state index in [1.54, 1.807) is 0 Å². The van der Waals surface area contributed by atoms with Gasteiger partial charge in [0.15, 0.2) is 11.6 Å². The van der Waals surface area contributed by atoms with E-state index in [0.717, 1.165) is 25.9 Å². The highest BCUT2D eigenvalue weighted by atomic mass is 19.1. The molecule has 1 aromatic heterocycles. The average Bonchev–Trinajstić information content (AvgIpc) is 2.85. The first-order valence-corrected chi connectivity index (χ1v) is 5.98. The predicted molar refractivity (Wildman–Crippen MR) is 64.5 cm³/mol. The maximum atomic E-state index is 13.5. The molecule has 0 radical (unpaired) electrons. The molecule has 2 rings (SSSR count). The minimum absolute atomic E-state index is 0.0742.